The molecule has 1 unspecified atom stereocenters. The van der Waals surface area contributed by atoms with Gasteiger partial charge in [-0.05, 0) is 12.1 Å². The van der Waals surface area contributed by atoms with Crippen molar-refractivity contribution in [3.63, 3.8) is 0 Å². The van der Waals surface area contributed by atoms with Gasteiger partial charge < -0.3 is 24.8 Å². The molecule has 0 fully saturated rings. The minimum atomic E-state index is -1.16. The van der Waals surface area contributed by atoms with Gasteiger partial charge in [0, 0.05) is 0 Å². The topological polar surface area (TPSA) is 96.2 Å². The minimum absolute atomic E-state index is 0.0370. The number of aromatic carboxylic acids is 1. The van der Waals surface area contributed by atoms with Crippen LogP contribution in [0.5, 0.6) is 11.5 Å². The Bertz CT molecular complexity index is 390. The van der Waals surface area contributed by atoms with Gasteiger partial charge in [0.05, 0.1) is 13.7 Å². The lowest BCUT2D eigenvalue weighted by Crippen LogP contribution is -2.22. The molecule has 0 aromatic heterocycles. The van der Waals surface area contributed by atoms with E-state index in [1.165, 1.54) is 19.2 Å². The van der Waals surface area contributed by atoms with Gasteiger partial charge in [-0.2, -0.15) is 0 Å². The number of hydrogen-bond acceptors (Lipinski definition) is 5. The molecule has 1 aromatic carbocycles. The van der Waals surface area contributed by atoms with Gasteiger partial charge in [0.25, 0.3) is 0 Å². The monoisotopic (exact) mass is 242 g/mol. The van der Waals surface area contributed by atoms with E-state index in [2.05, 4.69) is 0 Å². The first-order valence-electron chi connectivity index (χ1n) is 4.92. The van der Waals surface area contributed by atoms with Crippen LogP contribution in [0.25, 0.3) is 0 Å². The van der Waals surface area contributed by atoms with Gasteiger partial charge in [0.1, 0.15) is 18.3 Å². The van der Waals surface area contributed by atoms with E-state index in [9.17, 15) is 4.79 Å². The van der Waals surface area contributed by atoms with Crippen molar-refractivity contribution >= 4 is 5.97 Å². The molecule has 0 aliphatic heterocycles. The van der Waals surface area contributed by atoms with E-state index in [0.717, 1.165) is 0 Å². The summed E-state index contributed by atoms with van der Waals surface area (Å²) in [5.41, 5.74) is -0.0607. The van der Waals surface area contributed by atoms with E-state index >= 15 is 0 Å². The Balaban J connectivity index is 2.97. The fourth-order valence-electron chi connectivity index (χ4n) is 1.23. The smallest absolute Gasteiger partial charge is 0.339 e. The second kappa shape index (κ2) is 6.07. The Hall–Kier alpha value is -1.79. The number of para-hydroxylation sites is 1. The fraction of sp³-hybridized carbons (Fsp3) is 0.364. The van der Waals surface area contributed by atoms with Gasteiger partial charge in [-0.1, -0.05) is 6.07 Å². The zero-order valence-electron chi connectivity index (χ0n) is 9.29. The number of hydrogen-bond donors (Lipinski definition) is 3. The zero-order chi connectivity index (χ0) is 12.8. The van der Waals surface area contributed by atoms with Gasteiger partial charge in [-0.3, -0.25) is 0 Å². The van der Waals surface area contributed by atoms with Crippen molar-refractivity contribution in [2.45, 2.75) is 6.10 Å². The molecule has 17 heavy (non-hydrogen) atoms. The number of methoxy groups -OCH3 is 1. The average molecular weight is 242 g/mol. The summed E-state index contributed by atoms with van der Waals surface area (Å²) in [6.45, 7) is -0.672. The van der Waals surface area contributed by atoms with E-state index in [1.54, 1.807) is 6.07 Å². The highest BCUT2D eigenvalue weighted by atomic mass is 16.5. The van der Waals surface area contributed by atoms with Crippen molar-refractivity contribution in [1.82, 2.24) is 0 Å². The van der Waals surface area contributed by atoms with Crippen LogP contribution in [0.2, 0.25) is 0 Å². The maximum Gasteiger partial charge on any atom is 0.339 e. The molecule has 0 amide bonds. The number of aliphatic hydroxyl groups is 2. The zero-order valence-corrected chi connectivity index (χ0v) is 9.29. The van der Waals surface area contributed by atoms with Gasteiger partial charge in [0.2, 0.25) is 0 Å². The van der Waals surface area contributed by atoms with Crippen molar-refractivity contribution < 1.29 is 29.6 Å². The summed E-state index contributed by atoms with van der Waals surface area (Å²) in [7, 11) is 1.39. The summed E-state index contributed by atoms with van der Waals surface area (Å²) in [5, 5.41) is 26.7. The highest BCUT2D eigenvalue weighted by molar-refractivity contribution is 5.92. The SMILES string of the molecule is COc1cccc(C(=O)O)c1OCC(O)CO. The molecule has 0 radical (unpaired) electrons. The lowest BCUT2D eigenvalue weighted by atomic mass is 10.2. The van der Waals surface area contributed by atoms with Crippen LogP contribution in [0.1, 0.15) is 10.4 Å². The second-order valence-corrected chi connectivity index (χ2v) is 3.29. The van der Waals surface area contributed by atoms with Crippen molar-refractivity contribution in [1.29, 1.82) is 0 Å². The molecule has 0 aliphatic carbocycles. The molecule has 1 atom stereocenters. The molecular formula is C11H14O6. The Morgan fingerprint density at radius 1 is 1.47 bits per heavy atom. The Morgan fingerprint density at radius 2 is 2.18 bits per heavy atom. The Morgan fingerprint density at radius 3 is 2.71 bits per heavy atom. The van der Waals surface area contributed by atoms with Gasteiger partial charge >= 0.3 is 5.97 Å². The number of aliphatic hydroxyl groups excluding tert-OH is 2. The number of carboxylic acids is 1. The van der Waals surface area contributed by atoms with Crippen LogP contribution in [-0.4, -0.2) is 47.7 Å². The van der Waals surface area contributed by atoms with Crippen molar-refractivity contribution in [3.05, 3.63) is 23.8 Å². The molecule has 0 saturated heterocycles. The maximum absolute atomic E-state index is 11.0. The first-order valence-corrected chi connectivity index (χ1v) is 4.92. The van der Waals surface area contributed by atoms with Crippen LogP contribution in [-0.2, 0) is 0 Å². The van der Waals surface area contributed by atoms with Crippen LogP contribution in [0.15, 0.2) is 18.2 Å². The molecule has 94 valence electrons. The standard InChI is InChI=1S/C11H14O6/c1-16-9-4-2-3-8(11(14)15)10(9)17-6-7(13)5-12/h2-4,7,12-13H,5-6H2,1H3,(H,14,15). The number of ether oxygens (including phenoxy) is 2. The van der Waals surface area contributed by atoms with Crippen LogP contribution >= 0.6 is 0 Å². The van der Waals surface area contributed by atoms with E-state index in [0.29, 0.717) is 0 Å². The average Bonchev–Trinajstić information content (AvgIpc) is 2.35. The van der Waals surface area contributed by atoms with Crippen LogP contribution in [0, 0.1) is 0 Å². The van der Waals surface area contributed by atoms with Crippen LogP contribution in [0.3, 0.4) is 0 Å². The van der Waals surface area contributed by atoms with E-state index in [1.807, 2.05) is 0 Å². The summed E-state index contributed by atoms with van der Waals surface area (Å²) >= 11 is 0. The maximum atomic E-state index is 11.0. The third-order valence-corrected chi connectivity index (χ3v) is 2.06. The Labute approximate surface area is 98.0 Å². The quantitative estimate of drug-likeness (QED) is 0.656. The molecular weight excluding hydrogens is 228 g/mol. The van der Waals surface area contributed by atoms with Gasteiger partial charge in [-0.25, -0.2) is 4.79 Å². The van der Waals surface area contributed by atoms with Gasteiger partial charge in [0.15, 0.2) is 11.5 Å². The largest absolute Gasteiger partial charge is 0.493 e. The summed E-state index contributed by atoms with van der Waals surface area (Å²) in [6.07, 6.45) is -1.07. The van der Waals surface area contributed by atoms with Gasteiger partial charge in [-0.15, -0.1) is 0 Å². The minimum Gasteiger partial charge on any atom is -0.493 e. The van der Waals surface area contributed by atoms with Crippen molar-refractivity contribution in [2.75, 3.05) is 20.3 Å². The third-order valence-electron chi connectivity index (χ3n) is 2.06. The molecule has 1 rings (SSSR count). The lowest BCUT2D eigenvalue weighted by Gasteiger charge is -2.14. The molecule has 0 spiro atoms. The number of carbonyl (C=O) groups is 1. The Kier molecular flexibility index (Phi) is 4.74. The van der Waals surface area contributed by atoms with E-state index < -0.39 is 18.7 Å². The molecule has 0 saturated carbocycles. The molecule has 6 heteroatoms. The first kappa shape index (κ1) is 13.3. The molecule has 1 aromatic rings. The fourth-order valence-corrected chi connectivity index (χ4v) is 1.23. The van der Waals surface area contributed by atoms with E-state index in [-0.39, 0.29) is 23.7 Å². The summed E-state index contributed by atoms with van der Waals surface area (Å²) < 4.78 is 10.1. The van der Waals surface area contributed by atoms with Crippen molar-refractivity contribution in [2.24, 2.45) is 0 Å². The normalized spacial score (nSPS) is 11.9. The predicted octanol–water partition coefficient (Wildman–Crippen LogP) is 0.125. The lowest BCUT2D eigenvalue weighted by molar-refractivity contribution is 0.0510. The van der Waals surface area contributed by atoms with E-state index in [4.69, 9.17) is 24.8 Å². The summed E-state index contributed by atoms with van der Waals surface area (Å²) in [6, 6.07) is 4.44. The highest BCUT2D eigenvalue weighted by Gasteiger charge is 2.17. The predicted molar refractivity (Wildman–Crippen MR) is 58.5 cm³/mol. The molecule has 3 N–H and O–H groups in total. The molecule has 6 nitrogen and oxygen atoms in total. The molecule has 0 bridgehead atoms. The van der Waals surface area contributed by atoms with Crippen molar-refractivity contribution in [3.8, 4) is 11.5 Å². The number of rotatable bonds is 6. The number of carboxylic acid groups (broad SMARTS) is 1. The second-order valence-electron chi connectivity index (χ2n) is 3.29. The first-order chi connectivity index (χ1) is 8.10. The molecule has 0 heterocycles. The molecule has 0 aliphatic rings. The third kappa shape index (κ3) is 3.33. The van der Waals surface area contributed by atoms with Crippen LogP contribution in [0.4, 0.5) is 0 Å². The number of benzene rings is 1. The summed E-state index contributed by atoms with van der Waals surface area (Å²) in [4.78, 5) is 11.0. The summed E-state index contributed by atoms with van der Waals surface area (Å²) in [5.74, 6) is -0.859. The highest BCUT2D eigenvalue weighted by Crippen LogP contribution is 2.31. The van der Waals surface area contributed by atoms with Crippen LogP contribution < -0.4 is 9.47 Å².